The van der Waals surface area contributed by atoms with Crippen LogP contribution in [-0.2, 0) is 9.59 Å². The molecule has 2 amide bonds. The molecule has 0 saturated carbocycles. The maximum absolute atomic E-state index is 12.2. The summed E-state index contributed by atoms with van der Waals surface area (Å²) in [5.74, 6) is 2.23. The highest BCUT2D eigenvalue weighted by molar-refractivity contribution is 5.92. The van der Waals surface area contributed by atoms with E-state index < -0.39 is 6.04 Å². The molecule has 0 aliphatic carbocycles. The number of nitrogens with one attached hydrogen (secondary N) is 3. The summed E-state index contributed by atoms with van der Waals surface area (Å²) in [6.45, 7) is 4.41. The molecule has 1 aliphatic heterocycles. The van der Waals surface area contributed by atoms with E-state index in [0.717, 1.165) is 24.5 Å². The number of carbonyl (C=O) groups excluding carboxylic acids is 2. The molecule has 1 aromatic rings. The lowest BCUT2D eigenvalue weighted by molar-refractivity contribution is -0.121. The minimum atomic E-state index is -0.396. The molecule has 0 radical (unpaired) electrons. The van der Waals surface area contributed by atoms with Gasteiger partial charge in [0.2, 0.25) is 11.8 Å². The van der Waals surface area contributed by atoms with Crippen LogP contribution in [0.2, 0.25) is 0 Å². The van der Waals surface area contributed by atoms with Crippen LogP contribution >= 0.6 is 0 Å². The summed E-state index contributed by atoms with van der Waals surface area (Å²) < 4.78 is 0. The SMILES string of the molecule is C#CCNC(=O)C(C)Nc1ccc(NC(=O)CN2CCCCCC2)cc1. The Balaban J connectivity index is 1.80. The zero-order valence-electron chi connectivity index (χ0n) is 15.4. The molecule has 0 bridgehead atoms. The number of amides is 2. The molecule has 1 atom stereocenters. The third kappa shape index (κ3) is 6.77. The van der Waals surface area contributed by atoms with Gasteiger partial charge in [-0.1, -0.05) is 18.8 Å². The van der Waals surface area contributed by atoms with Crippen molar-refractivity contribution in [2.75, 3.05) is 36.8 Å². The van der Waals surface area contributed by atoms with E-state index in [1.54, 1.807) is 6.92 Å². The first-order valence-corrected chi connectivity index (χ1v) is 9.18. The minimum Gasteiger partial charge on any atom is -0.374 e. The molecule has 1 fully saturated rings. The number of nitrogens with zero attached hydrogens (tertiary/aromatic N) is 1. The number of rotatable bonds is 7. The van der Waals surface area contributed by atoms with Crippen LogP contribution in [-0.4, -0.2) is 48.9 Å². The van der Waals surface area contributed by atoms with Crippen molar-refractivity contribution in [2.45, 2.75) is 38.6 Å². The monoisotopic (exact) mass is 356 g/mol. The lowest BCUT2D eigenvalue weighted by Crippen LogP contribution is -2.37. The highest BCUT2D eigenvalue weighted by Gasteiger charge is 2.14. The molecule has 1 unspecified atom stereocenters. The number of benzene rings is 1. The molecule has 140 valence electrons. The van der Waals surface area contributed by atoms with E-state index in [1.165, 1.54) is 25.7 Å². The maximum atomic E-state index is 12.2. The van der Waals surface area contributed by atoms with Gasteiger partial charge >= 0.3 is 0 Å². The fourth-order valence-corrected chi connectivity index (χ4v) is 2.95. The van der Waals surface area contributed by atoms with Crippen LogP contribution in [0.3, 0.4) is 0 Å². The largest absolute Gasteiger partial charge is 0.374 e. The van der Waals surface area contributed by atoms with Gasteiger partial charge in [-0.05, 0) is 57.1 Å². The van der Waals surface area contributed by atoms with E-state index >= 15 is 0 Å². The first-order chi connectivity index (χ1) is 12.6. The third-order valence-electron chi connectivity index (χ3n) is 4.38. The first kappa shape index (κ1) is 19.8. The number of terminal acetylenes is 1. The van der Waals surface area contributed by atoms with Gasteiger partial charge in [0.25, 0.3) is 0 Å². The molecule has 1 aromatic carbocycles. The molecule has 6 nitrogen and oxygen atoms in total. The van der Waals surface area contributed by atoms with E-state index in [9.17, 15) is 9.59 Å². The predicted octanol–water partition coefficient (Wildman–Crippen LogP) is 2.05. The van der Waals surface area contributed by atoms with Crippen molar-refractivity contribution in [3.05, 3.63) is 24.3 Å². The summed E-state index contributed by atoms with van der Waals surface area (Å²) >= 11 is 0. The summed E-state index contributed by atoms with van der Waals surface area (Å²) in [5.41, 5.74) is 1.55. The number of anilines is 2. The molecular weight excluding hydrogens is 328 g/mol. The van der Waals surface area contributed by atoms with Gasteiger partial charge in [0.1, 0.15) is 6.04 Å². The zero-order chi connectivity index (χ0) is 18.8. The Kier molecular flexibility index (Phi) is 7.97. The van der Waals surface area contributed by atoms with Crippen molar-refractivity contribution < 1.29 is 9.59 Å². The second-order valence-electron chi connectivity index (χ2n) is 6.60. The maximum Gasteiger partial charge on any atom is 0.242 e. The minimum absolute atomic E-state index is 0.00893. The third-order valence-corrected chi connectivity index (χ3v) is 4.38. The quantitative estimate of drug-likeness (QED) is 0.654. The highest BCUT2D eigenvalue weighted by Crippen LogP contribution is 2.15. The number of hydrogen-bond acceptors (Lipinski definition) is 4. The van der Waals surface area contributed by atoms with Crippen molar-refractivity contribution in [2.24, 2.45) is 0 Å². The summed E-state index contributed by atoms with van der Waals surface area (Å²) in [6.07, 6.45) is 9.98. The Bertz CT molecular complexity index is 628. The lowest BCUT2D eigenvalue weighted by atomic mass is 10.2. The second kappa shape index (κ2) is 10.5. The van der Waals surface area contributed by atoms with Gasteiger partial charge in [-0.3, -0.25) is 14.5 Å². The van der Waals surface area contributed by atoms with Crippen LogP contribution in [0.25, 0.3) is 0 Å². The highest BCUT2D eigenvalue weighted by atomic mass is 16.2. The van der Waals surface area contributed by atoms with E-state index in [2.05, 4.69) is 26.8 Å². The Morgan fingerprint density at radius 3 is 2.35 bits per heavy atom. The van der Waals surface area contributed by atoms with E-state index in [4.69, 9.17) is 6.42 Å². The zero-order valence-corrected chi connectivity index (χ0v) is 15.4. The average molecular weight is 356 g/mol. The lowest BCUT2D eigenvalue weighted by Gasteiger charge is -2.19. The van der Waals surface area contributed by atoms with Crippen LogP contribution in [0.4, 0.5) is 11.4 Å². The van der Waals surface area contributed by atoms with Gasteiger partial charge in [0.15, 0.2) is 0 Å². The number of hydrogen-bond donors (Lipinski definition) is 3. The number of likely N-dealkylation sites (tertiary alicyclic amines) is 1. The number of carbonyl (C=O) groups is 2. The fraction of sp³-hybridized carbons (Fsp3) is 0.500. The first-order valence-electron chi connectivity index (χ1n) is 9.18. The van der Waals surface area contributed by atoms with E-state index in [1.807, 2.05) is 24.3 Å². The molecule has 1 saturated heterocycles. The fourth-order valence-electron chi connectivity index (χ4n) is 2.95. The molecule has 3 N–H and O–H groups in total. The average Bonchev–Trinajstić information content (AvgIpc) is 2.89. The van der Waals surface area contributed by atoms with Crippen LogP contribution in [0.15, 0.2) is 24.3 Å². The van der Waals surface area contributed by atoms with Crippen molar-refractivity contribution in [3.63, 3.8) is 0 Å². The topological polar surface area (TPSA) is 73.5 Å². The summed E-state index contributed by atoms with van der Waals surface area (Å²) in [4.78, 5) is 26.2. The second-order valence-corrected chi connectivity index (χ2v) is 6.60. The smallest absolute Gasteiger partial charge is 0.242 e. The Morgan fingerprint density at radius 1 is 1.12 bits per heavy atom. The molecule has 0 aromatic heterocycles. The summed E-state index contributed by atoms with van der Waals surface area (Å²) in [5, 5.41) is 8.67. The van der Waals surface area contributed by atoms with Crippen LogP contribution in [0.5, 0.6) is 0 Å². The molecule has 1 aliphatic rings. The predicted molar refractivity (Wildman–Crippen MR) is 105 cm³/mol. The van der Waals surface area contributed by atoms with Crippen LogP contribution in [0.1, 0.15) is 32.6 Å². The Hall–Kier alpha value is -2.52. The molecule has 6 heteroatoms. The molecule has 26 heavy (non-hydrogen) atoms. The van der Waals surface area contributed by atoms with Crippen molar-refractivity contribution in [3.8, 4) is 12.3 Å². The molecule has 1 heterocycles. The van der Waals surface area contributed by atoms with E-state index in [0.29, 0.717) is 6.54 Å². The van der Waals surface area contributed by atoms with Gasteiger partial charge in [-0.25, -0.2) is 0 Å². The molecule has 0 spiro atoms. The van der Waals surface area contributed by atoms with Gasteiger partial charge in [0, 0.05) is 11.4 Å². The van der Waals surface area contributed by atoms with Gasteiger partial charge < -0.3 is 16.0 Å². The van der Waals surface area contributed by atoms with Crippen molar-refractivity contribution in [1.82, 2.24) is 10.2 Å². The standard InChI is InChI=1S/C20H28N4O2/c1-3-12-21-20(26)16(2)22-17-8-10-18(11-9-17)23-19(25)15-24-13-6-4-5-7-14-24/h1,8-11,16,22H,4-7,12-15H2,2H3,(H,21,26)(H,23,25). The normalized spacial score (nSPS) is 16.0. The van der Waals surface area contributed by atoms with Gasteiger partial charge in [-0.2, -0.15) is 0 Å². The molecular formula is C20H28N4O2. The van der Waals surface area contributed by atoms with Gasteiger partial charge in [-0.15, -0.1) is 6.42 Å². The van der Waals surface area contributed by atoms with Crippen LogP contribution in [0, 0.1) is 12.3 Å². The molecule has 2 rings (SSSR count). The summed E-state index contributed by atoms with van der Waals surface area (Å²) in [7, 11) is 0. The van der Waals surface area contributed by atoms with Crippen molar-refractivity contribution >= 4 is 23.2 Å². The van der Waals surface area contributed by atoms with E-state index in [-0.39, 0.29) is 18.4 Å². The van der Waals surface area contributed by atoms with Crippen LogP contribution < -0.4 is 16.0 Å². The van der Waals surface area contributed by atoms with Crippen molar-refractivity contribution in [1.29, 1.82) is 0 Å². The Labute approximate surface area is 155 Å². The van der Waals surface area contributed by atoms with Gasteiger partial charge in [0.05, 0.1) is 13.1 Å². The summed E-state index contributed by atoms with van der Waals surface area (Å²) in [6, 6.07) is 6.94. The Morgan fingerprint density at radius 2 is 1.73 bits per heavy atom.